The van der Waals surface area contributed by atoms with Gasteiger partial charge in [-0.1, -0.05) is 23.2 Å². The van der Waals surface area contributed by atoms with Crippen molar-refractivity contribution in [3.8, 4) is 11.5 Å². The van der Waals surface area contributed by atoms with Crippen LogP contribution in [0.1, 0.15) is 16.8 Å². The average Bonchev–Trinajstić information content (AvgIpc) is 3.11. The Morgan fingerprint density at radius 2 is 2.04 bits per heavy atom. The summed E-state index contributed by atoms with van der Waals surface area (Å²) in [7, 11) is 1.55. The standard InChI is InChI=1S/C18H17Cl2NO4/c1-23-16-5-2-11(8-17(16)25-13-6-7-24-10-13)18(22)21-15-9-12(19)3-4-14(15)20/h2-5,8-9,13H,6-7,10H2,1H3,(H,21,22). The zero-order valence-electron chi connectivity index (χ0n) is 13.6. The van der Waals surface area contributed by atoms with Gasteiger partial charge >= 0.3 is 0 Å². The summed E-state index contributed by atoms with van der Waals surface area (Å²) < 4.78 is 16.5. The van der Waals surface area contributed by atoms with Gasteiger partial charge in [-0.15, -0.1) is 0 Å². The van der Waals surface area contributed by atoms with Gasteiger partial charge in [0.1, 0.15) is 6.10 Å². The Hall–Kier alpha value is -1.95. The number of carbonyl (C=O) groups is 1. The maximum atomic E-state index is 12.5. The molecule has 0 aliphatic carbocycles. The first-order chi connectivity index (χ1) is 12.1. The minimum atomic E-state index is -0.320. The largest absolute Gasteiger partial charge is 0.493 e. The van der Waals surface area contributed by atoms with Crippen molar-refractivity contribution < 1.29 is 19.0 Å². The molecule has 0 radical (unpaired) electrons. The predicted molar refractivity (Wildman–Crippen MR) is 97.3 cm³/mol. The quantitative estimate of drug-likeness (QED) is 0.832. The van der Waals surface area contributed by atoms with Crippen LogP contribution in [0.2, 0.25) is 10.0 Å². The van der Waals surface area contributed by atoms with Crippen molar-refractivity contribution in [1.29, 1.82) is 0 Å². The van der Waals surface area contributed by atoms with E-state index in [2.05, 4.69) is 5.32 Å². The Balaban J connectivity index is 1.81. The van der Waals surface area contributed by atoms with Crippen LogP contribution in [-0.4, -0.2) is 32.3 Å². The number of carbonyl (C=O) groups excluding carboxylic acids is 1. The molecule has 0 spiro atoms. The fraction of sp³-hybridized carbons (Fsp3) is 0.278. The maximum Gasteiger partial charge on any atom is 0.255 e. The van der Waals surface area contributed by atoms with E-state index in [4.69, 9.17) is 37.4 Å². The molecule has 0 aromatic heterocycles. The van der Waals surface area contributed by atoms with Crippen molar-refractivity contribution in [1.82, 2.24) is 0 Å². The van der Waals surface area contributed by atoms with Gasteiger partial charge in [-0.05, 0) is 36.4 Å². The number of ether oxygens (including phenoxy) is 3. The molecule has 1 saturated heterocycles. The zero-order valence-corrected chi connectivity index (χ0v) is 15.1. The molecule has 1 unspecified atom stereocenters. The number of nitrogens with one attached hydrogen (secondary N) is 1. The summed E-state index contributed by atoms with van der Waals surface area (Å²) in [5.74, 6) is 0.742. The van der Waals surface area contributed by atoms with E-state index in [-0.39, 0.29) is 12.0 Å². The summed E-state index contributed by atoms with van der Waals surface area (Å²) in [5.41, 5.74) is 0.868. The normalized spacial score (nSPS) is 16.5. The lowest BCUT2D eigenvalue weighted by molar-refractivity contribution is 0.102. The van der Waals surface area contributed by atoms with Gasteiger partial charge in [0.2, 0.25) is 0 Å². The SMILES string of the molecule is COc1ccc(C(=O)Nc2cc(Cl)ccc2Cl)cc1OC1CCOC1. The minimum Gasteiger partial charge on any atom is -0.493 e. The molecule has 2 aromatic carbocycles. The van der Waals surface area contributed by atoms with Gasteiger partial charge in [0.25, 0.3) is 5.91 Å². The lowest BCUT2D eigenvalue weighted by atomic mass is 10.1. The second-order valence-corrected chi connectivity index (χ2v) is 6.39. The number of amides is 1. The summed E-state index contributed by atoms with van der Waals surface area (Å²) in [6.07, 6.45) is 0.757. The van der Waals surface area contributed by atoms with Gasteiger partial charge in [-0.3, -0.25) is 4.79 Å². The van der Waals surface area contributed by atoms with E-state index in [1.165, 1.54) is 0 Å². The highest BCUT2D eigenvalue weighted by Gasteiger charge is 2.20. The number of methoxy groups -OCH3 is 1. The fourth-order valence-electron chi connectivity index (χ4n) is 2.48. The highest BCUT2D eigenvalue weighted by Crippen LogP contribution is 2.31. The summed E-state index contributed by atoms with van der Waals surface area (Å²) in [4.78, 5) is 12.5. The van der Waals surface area contributed by atoms with Gasteiger partial charge in [-0.25, -0.2) is 0 Å². The molecule has 2 aromatic rings. The molecule has 1 aliphatic rings. The van der Waals surface area contributed by atoms with Crippen LogP contribution in [0.3, 0.4) is 0 Å². The van der Waals surface area contributed by atoms with E-state index in [0.717, 1.165) is 6.42 Å². The zero-order chi connectivity index (χ0) is 17.8. The number of hydrogen-bond donors (Lipinski definition) is 1. The smallest absolute Gasteiger partial charge is 0.255 e. The Kier molecular flexibility index (Phi) is 5.68. The third-order valence-corrected chi connectivity index (χ3v) is 4.35. The fourth-order valence-corrected chi connectivity index (χ4v) is 2.82. The first-order valence-corrected chi connectivity index (χ1v) is 8.51. The molecule has 1 amide bonds. The van der Waals surface area contributed by atoms with Crippen molar-refractivity contribution in [2.24, 2.45) is 0 Å². The Morgan fingerprint density at radius 3 is 2.76 bits per heavy atom. The van der Waals surface area contributed by atoms with Crippen LogP contribution in [0.15, 0.2) is 36.4 Å². The summed E-state index contributed by atoms with van der Waals surface area (Å²) in [6.45, 7) is 1.19. The van der Waals surface area contributed by atoms with Crippen LogP contribution in [0.4, 0.5) is 5.69 Å². The van der Waals surface area contributed by atoms with E-state index in [1.807, 2.05) is 0 Å². The molecule has 132 valence electrons. The molecular weight excluding hydrogens is 365 g/mol. The van der Waals surface area contributed by atoms with E-state index < -0.39 is 0 Å². The van der Waals surface area contributed by atoms with Crippen molar-refractivity contribution in [3.05, 3.63) is 52.0 Å². The molecular formula is C18H17Cl2NO4. The topological polar surface area (TPSA) is 56.8 Å². The lowest BCUT2D eigenvalue weighted by Crippen LogP contribution is -2.17. The van der Waals surface area contributed by atoms with E-state index in [0.29, 0.717) is 46.0 Å². The van der Waals surface area contributed by atoms with Crippen molar-refractivity contribution in [3.63, 3.8) is 0 Å². The highest BCUT2D eigenvalue weighted by atomic mass is 35.5. The van der Waals surface area contributed by atoms with Crippen LogP contribution in [-0.2, 0) is 4.74 Å². The lowest BCUT2D eigenvalue weighted by Gasteiger charge is -2.16. The molecule has 0 bridgehead atoms. The first-order valence-electron chi connectivity index (χ1n) is 7.75. The molecule has 1 heterocycles. The van der Waals surface area contributed by atoms with Gasteiger partial charge < -0.3 is 19.5 Å². The molecule has 5 nitrogen and oxygen atoms in total. The van der Waals surface area contributed by atoms with Crippen LogP contribution >= 0.6 is 23.2 Å². The number of halogens is 2. The molecule has 25 heavy (non-hydrogen) atoms. The molecule has 3 rings (SSSR count). The summed E-state index contributed by atoms with van der Waals surface area (Å²) >= 11 is 12.0. The third-order valence-electron chi connectivity index (χ3n) is 3.78. The van der Waals surface area contributed by atoms with Crippen LogP contribution in [0, 0.1) is 0 Å². The first kappa shape index (κ1) is 17.9. The molecule has 7 heteroatoms. The summed E-state index contributed by atoms with van der Waals surface area (Å²) in [5, 5.41) is 3.64. The van der Waals surface area contributed by atoms with E-state index in [1.54, 1.807) is 43.5 Å². The van der Waals surface area contributed by atoms with Crippen LogP contribution < -0.4 is 14.8 Å². The molecule has 1 aliphatic heterocycles. The molecule has 1 N–H and O–H groups in total. The Morgan fingerprint density at radius 1 is 1.20 bits per heavy atom. The predicted octanol–water partition coefficient (Wildman–Crippen LogP) is 4.42. The Bertz CT molecular complexity index is 776. The maximum absolute atomic E-state index is 12.5. The Labute approximate surface area is 155 Å². The highest BCUT2D eigenvalue weighted by molar-refractivity contribution is 6.35. The number of hydrogen-bond acceptors (Lipinski definition) is 4. The average molecular weight is 382 g/mol. The molecule has 1 fully saturated rings. The molecule has 1 atom stereocenters. The van der Waals surface area contributed by atoms with Crippen molar-refractivity contribution >= 4 is 34.8 Å². The number of anilines is 1. The van der Waals surface area contributed by atoms with Gasteiger partial charge in [-0.2, -0.15) is 0 Å². The van der Waals surface area contributed by atoms with E-state index in [9.17, 15) is 4.79 Å². The van der Waals surface area contributed by atoms with Crippen molar-refractivity contribution in [2.75, 3.05) is 25.6 Å². The van der Waals surface area contributed by atoms with Gasteiger partial charge in [0.15, 0.2) is 11.5 Å². The third kappa shape index (κ3) is 4.37. The number of rotatable bonds is 5. The van der Waals surface area contributed by atoms with Gasteiger partial charge in [0.05, 0.1) is 31.0 Å². The second kappa shape index (κ2) is 7.95. The molecule has 0 saturated carbocycles. The number of benzene rings is 2. The van der Waals surface area contributed by atoms with Crippen LogP contribution in [0.5, 0.6) is 11.5 Å². The second-order valence-electron chi connectivity index (χ2n) is 5.55. The summed E-state index contributed by atoms with van der Waals surface area (Å²) in [6, 6.07) is 9.87. The van der Waals surface area contributed by atoms with Gasteiger partial charge in [0, 0.05) is 17.0 Å². The minimum absolute atomic E-state index is 0.0467. The monoisotopic (exact) mass is 381 g/mol. The van der Waals surface area contributed by atoms with E-state index >= 15 is 0 Å². The van der Waals surface area contributed by atoms with Crippen molar-refractivity contribution in [2.45, 2.75) is 12.5 Å². The van der Waals surface area contributed by atoms with Crippen LogP contribution in [0.25, 0.3) is 0 Å².